The van der Waals surface area contributed by atoms with Crippen molar-refractivity contribution < 1.29 is 30.0 Å². The topological polar surface area (TPSA) is 0 Å². The Balaban J connectivity index is 2.33. The van der Waals surface area contributed by atoms with Crippen molar-refractivity contribution in [3.8, 4) is 0 Å². The van der Waals surface area contributed by atoms with E-state index in [-0.39, 0.29) is 34.0 Å². The van der Waals surface area contributed by atoms with Gasteiger partial charge in [0, 0.05) is 0 Å². The first kappa shape index (κ1) is 6.71. The van der Waals surface area contributed by atoms with Gasteiger partial charge in [0.25, 0.3) is 0 Å². The molecule has 0 aromatic heterocycles. The van der Waals surface area contributed by atoms with E-state index in [2.05, 4.69) is 0 Å². The summed E-state index contributed by atoms with van der Waals surface area (Å²) in [6.07, 6.45) is 0.334. The zero-order valence-corrected chi connectivity index (χ0v) is 6.62. The van der Waals surface area contributed by atoms with Gasteiger partial charge in [0.2, 0.25) is 0 Å². The van der Waals surface area contributed by atoms with Gasteiger partial charge in [-0.25, -0.2) is 0 Å². The number of halogens is 3. The molecule has 0 aromatic carbocycles. The van der Waals surface area contributed by atoms with Crippen LogP contribution in [0.5, 0.6) is 0 Å². The second-order valence-corrected chi connectivity index (χ2v) is 5.16. The van der Waals surface area contributed by atoms with Crippen LogP contribution in [0.4, 0.5) is 8.78 Å². The van der Waals surface area contributed by atoms with Crippen LogP contribution < -0.4 is 21.2 Å². The maximum absolute atomic E-state index is 12.2. The van der Waals surface area contributed by atoms with Crippen LogP contribution in [-0.2, 0) is 0 Å². The molecular formula is C5H8F2I-. The van der Waals surface area contributed by atoms with E-state index >= 15 is 0 Å². The fourth-order valence-corrected chi connectivity index (χ4v) is 3.51. The summed E-state index contributed by atoms with van der Waals surface area (Å²) in [6, 6.07) is 0. The van der Waals surface area contributed by atoms with E-state index < -0.39 is 5.92 Å². The van der Waals surface area contributed by atoms with E-state index in [0.717, 1.165) is 8.86 Å². The second kappa shape index (κ2) is 2.45. The van der Waals surface area contributed by atoms with Crippen molar-refractivity contribution in [3.05, 3.63) is 0 Å². The Kier molecular flexibility index (Phi) is 2.06. The van der Waals surface area contributed by atoms with Gasteiger partial charge in [-0.05, 0) is 0 Å². The van der Waals surface area contributed by atoms with Crippen molar-refractivity contribution in [2.45, 2.75) is 18.8 Å². The van der Waals surface area contributed by atoms with E-state index in [9.17, 15) is 8.78 Å². The molecule has 0 unspecified atom stereocenters. The van der Waals surface area contributed by atoms with Crippen molar-refractivity contribution in [1.82, 2.24) is 0 Å². The second-order valence-electron chi connectivity index (χ2n) is 1.92. The Morgan fingerprint density at radius 2 is 1.62 bits per heavy atom. The molecule has 1 rings (SSSR count). The van der Waals surface area contributed by atoms with Gasteiger partial charge in [0.1, 0.15) is 0 Å². The minimum absolute atomic E-state index is 0.167. The first-order chi connectivity index (χ1) is 3.71. The van der Waals surface area contributed by atoms with Crippen LogP contribution in [0.2, 0.25) is 0 Å². The molecule has 1 heterocycles. The van der Waals surface area contributed by atoms with Crippen molar-refractivity contribution in [1.29, 1.82) is 0 Å². The zero-order valence-electron chi connectivity index (χ0n) is 4.46. The number of rotatable bonds is 0. The molecule has 0 radical (unpaired) electrons. The number of hydrogen-bond donors (Lipinski definition) is 0. The van der Waals surface area contributed by atoms with Crippen molar-refractivity contribution >= 4 is 0 Å². The van der Waals surface area contributed by atoms with Gasteiger partial charge in [-0.2, -0.15) is 0 Å². The molecule has 1 fully saturated rings. The van der Waals surface area contributed by atoms with Gasteiger partial charge in [-0.15, -0.1) is 0 Å². The molecular weight excluding hydrogens is 225 g/mol. The van der Waals surface area contributed by atoms with Crippen molar-refractivity contribution in [2.24, 2.45) is 0 Å². The molecule has 1 aliphatic heterocycles. The summed E-state index contributed by atoms with van der Waals surface area (Å²) in [5.41, 5.74) is 0. The Morgan fingerprint density at radius 1 is 1.12 bits per heavy atom. The summed E-state index contributed by atoms with van der Waals surface area (Å²) in [4.78, 5) is 0. The molecule has 3 heteroatoms. The summed E-state index contributed by atoms with van der Waals surface area (Å²) in [6.45, 7) is 0. The molecule has 0 atom stereocenters. The Morgan fingerprint density at radius 3 is 1.88 bits per heavy atom. The van der Waals surface area contributed by atoms with E-state index in [1.807, 2.05) is 0 Å². The monoisotopic (exact) mass is 233 g/mol. The quantitative estimate of drug-likeness (QED) is 0.353. The minimum atomic E-state index is -2.29. The van der Waals surface area contributed by atoms with E-state index in [4.69, 9.17) is 0 Å². The third-order valence-corrected chi connectivity index (χ3v) is 3.79. The van der Waals surface area contributed by atoms with Crippen molar-refractivity contribution in [3.63, 3.8) is 0 Å². The average Bonchev–Trinajstić information content (AvgIpc) is 1.65. The third kappa shape index (κ3) is 1.84. The molecule has 0 aromatic rings. The van der Waals surface area contributed by atoms with E-state index in [1.165, 1.54) is 0 Å². The summed E-state index contributed by atoms with van der Waals surface area (Å²) in [5, 5.41) is 0. The zero-order chi connectivity index (χ0) is 6.04. The fraction of sp³-hybridized carbons (Fsp3) is 1.00. The molecule has 0 aliphatic carbocycles. The molecule has 0 saturated carbocycles. The van der Waals surface area contributed by atoms with Crippen LogP contribution in [0.15, 0.2) is 0 Å². The molecule has 0 spiro atoms. The van der Waals surface area contributed by atoms with Gasteiger partial charge in [0.15, 0.2) is 0 Å². The molecule has 0 bridgehead atoms. The predicted octanol–water partition coefficient (Wildman–Crippen LogP) is -1.50. The van der Waals surface area contributed by atoms with Crippen molar-refractivity contribution in [2.75, 3.05) is 8.86 Å². The fourth-order valence-electron chi connectivity index (χ4n) is 0.630. The number of hydrogen-bond acceptors (Lipinski definition) is 0. The molecule has 8 heavy (non-hydrogen) atoms. The van der Waals surface area contributed by atoms with Crippen LogP contribution >= 0.6 is 0 Å². The normalized spacial score (nSPS) is 28.8. The molecule has 0 N–H and O–H groups in total. The van der Waals surface area contributed by atoms with Gasteiger partial charge in [-0.1, -0.05) is 0 Å². The summed E-state index contributed by atoms with van der Waals surface area (Å²) < 4.78 is 26.1. The van der Waals surface area contributed by atoms with Crippen LogP contribution in [0, 0.1) is 0 Å². The van der Waals surface area contributed by atoms with Gasteiger partial charge >= 0.3 is 57.6 Å². The van der Waals surface area contributed by atoms with Gasteiger partial charge in [0.05, 0.1) is 0 Å². The average molecular weight is 233 g/mol. The molecule has 1 aliphatic rings. The summed E-state index contributed by atoms with van der Waals surface area (Å²) >= 11 is 0.175. The van der Waals surface area contributed by atoms with Crippen LogP contribution in [0.1, 0.15) is 12.8 Å². The summed E-state index contributed by atoms with van der Waals surface area (Å²) in [7, 11) is 0. The number of alkyl halides is 4. The molecule has 1 saturated heterocycles. The Bertz CT molecular complexity index is 74.5. The van der Waals surface area contributed by atoms with Gasteiger partial charge < -0.3 is 0 Å². The maximum atomic E-state index is 12.2. The molecule has 0 nitrogen and oxygen atoms in total. The third-order valence-electron chi connectivity index (χ3n) is 1.19. The van der Waals surface area contributed by atoms with E-state index in [0.29, 0.717) is 0 Å². The van der Waals surface area contributed by atoms with E-state index in [1.54, 1.807) is 0 Å². The Hall–Kier alpha value is 0.590. The molecule has 50 valence electrons. The van der Waals surface area contributed by atoms with Crippen LogP contribution in [0.25, 0.3) is 0 Å². The predicted molar refractivity (Wildman–Crippen MR) is 23.9 cm³/mol. The molecule has 0 amide bonds. The first-order valence-corrected chi connectivity index (χ1v) is 5.67. The first-order valence-electron chi connectivity index (χ1n) is 2.62. The van der Waals surface area contributed by atoms with Gasteiger partial charge in [-0.3, -0.25) is 0 Å². The Labute approximate surface area is 57.9 Å². The SMILES string of the molecule is FC1(F)CC[I-]CC1. The standard InChI is InChI=1S/C5H8F2I/c6-5(7)1-3-8-4-2-5/h1-4H2/q-1. The van der Waals surface area contributed by atoms with Crippen LogP contribution in [-0.4, -0.2) is 14.8 Å². The summed E-state index contributed by atoms with van der Waals surface area (Å²) in [5.74, 6) is -2.29. The van der Waals surface area contributed by atoms with Crippen LogP contribution in [0.3, 0.4) is 0 Å².